The Balaban J connectivity index is 1.66. The van der Waals surface area contributed by atoms with Gasteiger partial charge in [-0.25, -0.2) is 0 Å². The number of aliphatic hydroxyl groups is 1. The minimum Gasteiger partial charge on any atom is -0.393 e. The van der Waals surface area contributed by atoms with Gasteiger partial charge in [0.05, 0.1) is 18.2 Å². The van der Waals surface area contributed by atoms with Crippen molar-refractivity contribution in [2.45, 2.75) is 70.4 Å². The lowest BCUT2D eigenvalue weighted by Crippen LogP contribution is -2.48. The van der Waals surface area contributed by atoms with Crippen molar-refractivity contribution >= 4 is 5.91 Å². The summed E-state index contributed by atoms with van der Waals surface area (Å²) in [6, 6.07) is 18.4. The van der Waals surface area contributed by atoms with Gasteiger partial charge in [-0.05, 0) is 49.8 Å². The van der Waals surface area contributed by atoms with Gasteiger partial charge in [-0.2, -0.15) is 0 Å². The van der Waals surface area contributed by atoms with Gasteiger partial charge in [-0.15, -0.1) is 0 Å². The number of nitrogens with zero attached hydrogens (tertiary/aromatic N) is 1. The lowest BCUT2D eigenvalue weighted by atomic mass is 9.90. The Hall–Kier alpha value is -2.17. The molecular formula is C25H31NO3. The normalized spacial score (nSPS) is 24.1. The Morgan fingerprint density at radius 2 is 1.86 bits per heavy atom. The maximum atomic E-state index is 13.9. The average molecular weight is 394 g/mol. The molecule has 1 amide bonds. The summed E-state index contributed by atoms with van der Waals surface area (Å²) in [7, 11) is 0. The second-order valence-corrected chi connectivity index (χ2v) is 8.84. The van der Waals surface area contributed by atoms with E-state index in [4.69, 9.17) is 4.74 Å². The Kier molecular flexibility index (Phi) is 5.50. The molecule has 2 aliphatic rings. The minimum absolute atomic E-state index is 0.000163. The van der Waals surface area contributed by atoms with Gasteiger partial charge in [0.15, 0.2) is 0 Å². The van der Waals surface area contributed by atoms with Crippen LogP contribution in [0.2, 0.25) is 0 Å². The van der Waals surface area contributed by atoms with E-state index in [1.165, 1.54) is 11.1 Å². The van der Waals surface area contributed by atoms with Gasteiger partial charge in [-0.3, -0.25) is 4.79 Å². The van der Waals surface area contributed by atoms with Crippen molar-refractivity contribution < 1.29 is 14.6 Å². The van der Waals surface area contributed by atoms with Crippen molar-refractivity contribution in [3.05, 3.63) is 71.3 Å². The van der Waals surface area contributed by atoms with E-state index in [1.807, 2.05) is 56.0 Å². The van der Waals surface area contributed by atoms with E-state index in [0.29, 0.717) is 19.3 Å². The highest BCUT2D eigenvalue weighted by Crippen LogP contribution is 2.49. The van der Waals surface area contributed by atoms with Crippen LogP contribution in [0.25, 0.3) is 0 Å². The van der Waals surface area contributed by atoms with E-state index in [2.05, 4.69) is 24.3 Å². The number of hydrogen-bond donors (Lipinski definition) is 1. The number of fused-ring (bicyclic) bond motifs is 3. The molecule has 4 nitrogen and oxygen atoms in total. The number of carbonyl (C=O) groups is 1. The molecule has 0 radical (unpaired) electrons. The number of aliphatic hydroxyl groups excluding tert-OH is 1. The van der Waals surface area contributed by atoms with E-state index < -0.39 is 11.8 Å². The number of carbonyl (C=O) groups excluding carboxylic acids is 1. The molecule has 0 unspecified atom stereocenters. The second-order valence-electron chi connectivity index (χ2n) is 8.84. The molecule has 0 aromatic heterocycles. The van der Waals surface area contributed by atoms with Crippen molar-refractivity contribution in [2.75, 3.05) is 0 Å². The van der Waals surface area contributed by atoms with Crippen molar-refractivity contribution in [2.24, 2.45) is 5.92 Å². The van der Waals surface area contributed by atoms with Crippen LogP contribution in [-0.4, -0.2) is 33.8 Å². The highest BCUT2D eigenvalue weighted by Gasteiger charge is 2.54. The van der Waals surface area contributed by atoms with Crippen LogP contribution in [0.3, 0.4) is 0 Å². The fourth-order valence-corrected chi connectivity index (χ4v) is 4.98. The van der Waals surface area contributed by atoms with Crippen LogP contribution in [-0.2, 0) is 22.4 Å². The van der Waals surface area contributed by atoms with Crippen LogP contribution in [0.4, 0.5) is 0 Å². The molecule has 29 heavy (non-hydrogen) atoms. The Labute approximate surface area is 173 Å². The number of hydrogen-bond acceptors (Lipinski definition) is 3. The monoisotopic (exact) mass is 393 g/mol. The lowest BCUT2D eigenvalue weighted by molar-refractivity contribution is -0.153. The summed E-state index contributed by atoms with van der Waals surface area (Å²) >= 11 is 0. The molecule has 4 heteroatoms. The zero-order chi connectivity index (χ0) is 20.6. The first kappa shape index (κ1) is 20.1. The van der Waals surface area contributed by atoms with E-state index >= 15 is 0 Å². The molecule has 1 heterocycles. The third-order valence-electron chi connectivity index (χ3n) is 6.38. The van der Waals surface area contributed by atoms with Crippen LogP contribution >= 0.6 is 0 Å². The first-order chi connectivity index (χ1) is 13.9. The predicted molar refractivity (Wildman–Crippen MR) is 113 cm³/mol. The SMILES string of the molecule is CC[C@H](O)C[C@@H](Cc1ccccc1)C(=O)N1[C@H]2c3ccccc3C[C@H]2OC1(C)C. The molecule has 1 saturated heterocycles. The molecule has 4 atom stereocenters. The molecule has 1 aliphatic heterocycles. The standard InChI is InChI=1S/C25H31NO3/c1-4-20(27)15-19(14-17-10-6-5-7-11-17)24(28)26-23-21-13-9-8-12-18(21)16-22(23)29-25(26,2)3/h5-13,19-20,22-23,27H,4,14-16H2,1-3H3/t19-,20+,22-,23+/m1/s1. The second kappa shape index (κ2) is 7.92. The molecule has 0 bridgehead atoms. The maximum absolute atomic E-state index is 13.9. The molecule has 2 aromatic rings. The van der Waals surface area contributed by atoms with Crippen molar-refractivity contribution in [3.63, 3.8) is 0 Å². The number of ether oxygens (including phenoxy) is 1. The van der Waals surface area contributed by atoms with Gasteiger partial charge in [0.25, 0.3) is 0 Å². The van der Waals surface area contributed by atoms with Crippen LogP contribution in [0.5, 0.6) is 0 Å². The summed E-state index contributed by atoms with van der Waals surface area (Å²) < 4.78 is 6.36. The first-order valence-corrected chi connectivity index (χ1v) is 10.7. The maximum Gasteiger partial charge on any atom is 0.228 e. The zero-order valence-corrected chi connectivity index (χ0v) is 17.5. The van der Waals surface area contributed by atoms with Gasteiger partial charge in [0, 0.05) is 12.3 Å². The summed E-state index contributed by atoms with van der Waals surface area (Å²) in [5, 5.41) is 10.4. The fraction of sp³-hybridized carbons (Fsp3) is 0.480. The van der Waals surface area contributed by atoms with Crippen LogP contribution < -0.4 is 0 Å². The third kappa shape index (κ3) is 3.84. The quantitative estimate of drug-likeness (QED) is 0.797. The van der Waals surface area contributed by atoms with Gasteiger partial charge in [-0.1, -0.05) is 61.5 Å². The topological polar surface area (TPSA) is 49.8 Å². The summed E-state index contributed by atoms with van der Waals surface area (Å²) in [5.74, 6) is -0.197. The van der Waals surface area contributed by atoms with Crippen LogP contribution in [0.1, 0.15) is 56.3 Å². The molecule has 0 saturated carbocycles. The minimum atomic E-state index is -0.661. The summed E-state index contributed by atoms with van der Waals surface area (Å²) in [6.45, 7) is 5.93. The van der Waals surface area contributed by atoms with Crippen molar-refractivity contribution in [3.8, 4) is 0 Å². The lowest BCUT2D eigenvalue weighted by Gasteiger charge is -2.37. The van der Waals surface area contributed by atoms with Crippen LogP contribution in [0, 0.1) is 5.92 Å². The summed E-state index contributed by atoms with van der Waals surface area (Å²) in [4.78, 5) is 15.9. The van der Waals surface area contributed by atoms with Gasteiger partial charge in [0.1, 0.15) is 5.72 Å². The molecular weight excluding hydrogens is 362 g/mol. The predicted octanol–water partition coefficient (Wildman–Crippen LogP) is 4.27. The molecule has 1 fully saturated rings. The highest BCUT2D eigenvalue weighted by atomic mass is 16.5. The molecule has 2 aromatic carbocycles. The summed E-state index contributed by atoms with van der Waals surface area (Å²) in [5.41, 5.74) is 2.93. The van der Waals surface area contributed by atoms with E-state index in [0.717, 1.165) is 12.0 Å². The highest BCUT2D eigenvalue weighted by molar-refractivity contribution is 5.81. The van der Waals surface area contributed by atoms with E-state index in [1.54, 1.807) is 0 Å². The van der Waals surface area contributed by atoms with E-state index in [9.17, 15) is 9.90 Å². The average Bonchev–Trinajstić information content (AvgIpc) is 3.17. The zero-order valence-electron chi connectivity index (χ0n) is 17.5. The summed E-state index contributed by atoms with van der Waals surface area (Å²) in [6.07, 6.45) is 2.10. The number of amides is 1. The first-order valence-electron chi connectivity index (χ1n) is 10.7. The van der Waals surface area contributed by atoms with Crippen molar-refractivity contribution in [1.29, 1.82) is 0 Å². The van der Waals surface area contributed by atoms with Gasteiger partial charge in [0.2, 0.25) is 5.91 Å². The smallest absolute Gasteiger partial charge is 0.228 e. The number of rotatable bonds is 6. The Morgan fingerprint density at radius 3 is 2.59 bits per heavy atom. The largest absolute Gasteiger partial charge is 0.393 e. The third-order valence-corrected chi connectivity index (χ3v) is 6.38. The molecule has 4 rings (SSSR count). The molecule has 0 spiro atoms. The molecule has 1 N–H and O–H groups in total. The van der Waals surface area contributed by atoms with Gasteiger partial charge < -0.3 is 14.7 Å². The molecule has 1 aliphatic carbocycles. The Bertz CT molecular complexity index is 863. The Morgan fingerprint density at radius 1 is 1.17 bits per heavy atom. The van der Waals surface area contributed by atoms with Crippen LogP contribution in [0.15, 0.2) is 54.6 Å². The van der Waals surface area contributed by atoms with Crippen molar-refractivity contribution in [1.82, 2.24) is 4.90 Å². The molecule has 154 valence electrons. The van der Waals surface area contributed by atoms with Gasteiger partial charge >= 0.3 is 0 Å². The fourth-order valence-electron chi connectivity index (χ4n) is 4.98. The number of benzene rings is 2. The van der Waals surface area contributed by atoms with E-state index in [-0.39, 0.29) is 24.0 Å².